The van der Waals surface area contributed by atoms with Crippen molar-refractivity contribution in [1.29, 1.82) is 0 Å². The maximum Gasteiger partial charge on any atom is 0.314 e. The molecule has 0 aromatic rings. The largest absolute Gasteiger partial charge is 0.481 e. The molecule has 0 aliphatic heterocycles. The normalized spacial score (nSPS) is 16.6. The Hall–Kier alpha value is -0.0500. The van der Waals surface area contributed by atoms with Crippen LogP contribution in [0.3, 0.4) is 0 Å². The van der Waals surface area contributed by atoms with Crippen LogP contribution in [0.5, 0.6) is 0 Å². The third kappa shape index (κ3) is 3.95. The molecule has 0 saturated heterocycles. The zero-order chi connectivity index (χ0) is 5.15. The number of halogens is 1. The quantitative estimate of drug-likeness (QED) is 0.537. The van der Waals surface area contributed by atoms with Crippen molar-refractivity contribution in [3.05, 3.63) is 0 Å². The van der Waals surface area contributed by atoms with Gasteiger partial charge in [0.25, 0.3) is 0 Å². The smallest absolute Gasteiger partial charge is 0.314 e. The summed E-state index contributed by atoms with van der Waals surface area (Å²) in [5.74, 6) is -1.16. The third-order valence-electron chi connectivity index (χ3n) is 0.0933. The van der Waals surface area contributed by atoms with E-state index in [1.807, 2.05) is 0 Å². The maximum atomic E-state index is 9.46. The van der Waals surface area contributed by atoms with Crippen LogP contribution in [0.1, 0.15) is 1.37 Å². The Morgan fingerprint density at radius 1 is 2.40 bits per heavy atom. The lowest BCUT2D eigenvalue weighted by molar-refractivity contribution is -0.133. The molecular formula is C2H3BrO2. The standard InChI is InChI=1S/C2H3BrO2/c3-1-2(4)5/h1H2,(H,4,5)/i1D. The first-order valence-electron chi connectivity index (χ1n) is 1.51. The molecule has 0 radical (unpaired) electrons. The Balaban J connectivity index is 3.26. The molecule has 2 nitrogen and oxygen atoms in total. The Labute approximate surface area is 39.3 Å². The van der Waals surface area contributed by atoms with E-state index < -0.39 is 11.3 Å². The summed E-state index contributed by atoms with van der Waals surface area (Å²) < 4.78 is 6.35. The fourth-order valence-corrected chi connectivity index (χ4v) is 0. The Bertz CT molecular complexity index is 62.6. The molecule has 0 amide bonds. The van der Waals surface area contributed by atoms with Crippen molar-refractivity contribution >= 4 is 21.9 Å². The van der Waals surface area contributed by atoms with Crippen LogP contribution >= 0.6 is 15.9 Å². The van der Waals surface area contributed by atoms with Gasteiger partial charge in [0.1, 0.15) is 5.31 Å². The number of hydrogen-bond donors (Lipinski definition) is 1. The molecule has 3 heteroatoms. The first kappa shape index (κ1) is 3.15. The zero-order valence-corrected chi connectivity index (χ0v) is 3.90. The van der Waals surface area contributed by atoms with E-state index in [1.165, 1.54) is 0 Å². The maximum absolute atomic E-state index is 9.46. The molecule has 0 saturated carbocycles. The van der Waals surface area contributed by atoms with Crippen molar-refractivity contribution in [2.75, 3.05) is 5.31 Å². The van der Waals surface area contributed by atoms with Gasteiger partial charge in [0.2, 0.25) is 0 Å². The van der Waals surface area contributed by atoms with E-state index in [4.69, 9.17) is 6.48 Å². The van der Waals surface area contributed by atoms with Crippen LogP contribution in [0.2, 0.25) is 0 Å². The van der Waals surface area contributed by atoms with Gasteiger partial charge in [-0.15, -0.1) is 0 Å². The number of carboxylic acid groups (broad SMARTS) is 1. The predicted molar refractivity (Wildman–Crippen MR) is 21.4 cm³/mol. The van der Waals surface area contributed by atoms with E-state index in [0.29, 0.717) is 0 Å². The van der Waals surface area contributed by atoms with Crippen LogP contribution in [0.15, 0.2) is 0 Å². The number of rotatable bonds is 1. The van der Waals surface area contributed by atoms with Crippen molar-refractivity contribution in [1.82, 2.24) is 0 Å². The molecule has 0 aliphatic carbocycles. The Morgan fingerprint density at radius 3 is 2.60 bits per heavy atom. The highest BCUT2D eigenvalue weighted by molar-refractivity contribution is 9.09. The van der Waals surface area contributed by atoms with Crippen molar-refractivity contribution in [3.63, 3.8) is 0 Å². The minimum absolute atomic E-state index is 1.16. The highest BCUT2D eigenvalue weighted by Crippen LogP contribution is 1.73. The van der Waals surface area contributed by atoms with Crippen molar-refractivity contribution < 1.29 is 11.3 Å². The second-order valence-corrected chi connectivity index (χ2v) is 0.905. The summed E-state index contributed by atoms with van der Waals surface area (Å²) in [6, 6.07) is 0. The number of alkyl halides is 1. The molecule has 0 rings (SSSR count). The molecule has 0 fully saturated rings. The number of carboxylic acids is 1. The minimum Gasteiger partial charge on any atom is -0.481 e. The van der Waals surface area contributed by atoms with Gasteiger partial charge in [0.05, 0.1) is 1.37 Å². The SMILES string of the molecule is [2H]C(Br)C(=O)O. The molecule has 0 bridgehead atoms. The topological polar surface area (TPSA) is 37.3 Å². The lowest BCUT2D eigenvalue weighted by Gasteiger charge is -1.70. The highest BCUT2D eigenvalue weighted by atomic mass is 79.9. The van der Waals surface area contributed by atoms with E-state index >= 15 is 0 Å². The molecule has 0 aromatic heterocycles. The van der Waals surface area contributed by atoms with Gasteiger partial charge in [-0.1, -0.05) is 15.9 Å². The zero-order valence-electron chi connectivity index (χ0n) is 3.31. The molecule has 1 atom stereocenters. The van der Waals surface area contributed by atoms with Crippen molar-refractivity contribution in [3.8, 4) is 0 Å². The Kier molecular flexibility index (Phi) is 1.39. The number of hydrogen-bond acceptors (Lipinski definition) is 1. The molecule has 5 heavy (non-hydrogen) atoms. The fourth-order valence-electron chi connectivity index (χ4n) is 0. The van der Waals surface area contributed by atoms with Gasteiger partial charge in [-0.3, -0.25) is 4.79 Å². The van der Waals surface area contributed by atoms with E-state index in [-0.39, 0.29) is 0 Å². The van der Waals surface area contributed by atoms with Crippen LogP contribution < -0.4 is 0 Å². The predicted octanol–water partition coefficient (Wildman–Crippen LogP) is 0.466. The van der Waals surface area contributed by atoms with Crippen LogP contribution in [-0.2, 0) is 4.79 Å². The molecule has 0 heterocycles. The second kappa shape index (κ2) is 2.20. The second-order valence-electron chi connectivity index (χ2n) is 0.447. The molecule has 1 unspecified atom stereocenters. The van der Waals surface area contributed by atoms with E-state index in [9.17, 15) is 4.79 Å². The number of aliphatic carboxylic acids is 1. The van der Waals surface area contributed by atoms with Gasteiger partial charge in [0.15, 0.2) is 0 Å². The summed E-state index contributed by atoms with van der Waals surface area (Å²) in [7, 11) is 0. The van der Waals surface area contributed by atoms with Gasteiger partial charge in [-0.25, -0.2) is 0 Å². The van der Waals surface area contributed by atoms with Gasteiger partial charge in [-0.2, -0.15) is 0 Å². The lowest BCUT2D eigenvalue weighted by atomic mass is 10.8. The van der Waals surface area contributed by atoms with Crippen LogP contribution in [0.25, 0.3) is 0 Å². The first-order valence-corrected chi connectivity index (χ1v) is 1.85. The molecule has 0 aromatic carbocycles. The minimum atomic E-state index is -1.17. The third-order valence-corrected chi connectivity index (χ3v) is 0.485. The highest BCUT2D eigenvalue weighted by Gasteiger charge is 1.83. The molecule has 0 aliphatic rings. The summed E-state index contributed by atoms with van der Waals surface area (Å²) in [4.78, 5) is 9.46. The summed E-state index contributed by atoms with van der Waals surface area (Å²) in [6.45, 7) is 0. The van der Waals surface area contributed by atoms with E-state index in [2.05, 4.69) is 15.9 Å². The average Bonchev–Trinajstić information content (AvgIpc) is 1.36. The molecule has 30 valence electrons. The van der Waals surface area contributed by atoms with Crippen molar-refractivity contribution in [2.24, 2.45) is 0 Å². The van der Waals surface area contributed by atoms with Crippen LogP contribution in [0.4, 0.5) is 0 Å². The number of carbonyl (C=O) groups is 1. The van der Waals surface area contributed by atoms with Gasteiger partial charge >= 0.3 is 5.97 Å². The molecule has 1 N–H and O–H groups in total. The van der Waals surface area contributed by atoms with Crippen LogP contribution in [0, 0.1) is 0 Å². The lowest BCUT2D eigenvalue weighted by Crippen LogP contribution is -1.92. The monoisotopic (exact) mass is 139 g/mol. The summed E-state index contributed by atoms with van der Waals surface area (Å²) in [5.41, 5.74) is 0. The van der Waals surface area contributed by atoms with E-state index in [1.54, 1.807) is 0 Å². The van der Waals surface area contributed by atoms with Gasteiger partial charge in [-0.05, 0) is 0 Å². The Morgan fingerprint density at radius 2 is 2.60 bits per heavy atom. The summed E-state index contributed by atoms with van der Waals surface area (Å²) >= 11 is 2.51. The molecule has 0 spiro atoms. The molecular weight excluding hydrogens is 136 g/mol. The van der Waals surface area contributed by atoms with Crippen LogP contribution in [-0.4, -0.2) is 16.4 Å². The first-order chi connectivity index (χ1) is 2.64. The fraction of sp³-hybridized carbons (Fsp3) is 0.500. The van der Waals surface area contributed by atoms with Gasteiger partial charge in [0, 0.05) is 0 Å². The summed E-state index contributed by atoms with van der Waals surface area (Å²) in [5, 5.41) is 6.59. The van der Waals surface area contributed by atoms with E-state index in [0.717, 1.165) is 0 Å². The van der Waals surface area contributed by atoms with Crippen molar-refractivity contribution in [2.45, 2.75) is 0 Å². The van der Waals surface area contributed by atoms with Gasteiger partial charge < -0.3 is 5.11 Å². The summed E-state index contributed by atoms with van der Waals surface area (Å²) in [6.07, 6.45) is 0. The average molecular weight is 140 g/mol.